The van der Waals surface area contributed by atoms with Gasteiger partial charge in [-0.2, -0.15) is 0 Å². The third-order valence-corrected chi connectivity index (χ3v) is 5.23. The molecule has 10 heteroatoms. The van der Waals surface area contributed by atoms with E-state index in [9.17, 15) is 14.7 Å². The van der Waals surface area contributed by atoms with E-state index >= 15 is 0 Å². The van der Waals surface area contributed by atoms with Crippen molar-refractivity contribution in [3.63, 3.8) is 0 Å². The molecular weight excluding hydrogens is 398 g/mol. The largest absolute Gasteiger partial charge is 0.504 e. The monoisotopic (exact) mass is 413 g/mol. The van der Waals surface area contributed by atoms with Gasteiger partial charge in [0.15, 0.2) is 28.0 Å². The molecule has 1 aliphatic carbocycles. The second kappa shape index (κ2) is 7.76. The van der Waals surface area contributed by atoms with Crippen LogP contribution in [0.1, 0.15) is 28.3 Å². The molecule has 1 amide bonds. The summed E-state index contributed by atoms with van der Waals surface area (Å²) in [6.45, 7) is -0.579. The first-order valence-electron chi connectivity index (χ1n) is 8.61. The molecule has 0 aromatic carbocycles. The number of hydrogen-bond acceptors (Lipinski definition) is 8. The number of aromatic nitrogens is 2. The van der Waals surface area contributed by atoms with Crippen LogP contribution < -0.4 is 5.32 Å². The lowest BCUT2D eigenvalue weighted by atomic mass is 10.0. The molecule has 148 valence electrons. The molecule has 0 saturated carbocycles. The minimum absolute atomic E-state index is 0.275. The number of fused-ring (bicyclic) bond motifs is 1. The predicted molar refractivity (Wildman–Crippen MR) is 104 cm³/mol. The zero-order chi connectivity index (χ0) is 20.4. The molecule has 0 saturated heterocycles. The maximum Gasteiger partial charge on any atom is 0.322 e. The third kappa shape index (κ3) is 3.83. The Balaban J connectivity index is 1.59. The normalized spacial score (nSPS) is 15.7. The number of rotatable bonds is 5. The number of carbonyl (C=O) groups excluding carboxylic acids is 1. The van der Waals surface area contributed by atoms with Crippen LogP contribution in [0.15, 0.2) is 48.3 Å². The molecule has 0 unspecified atom stereocenters. The second-order valence-corrected chi connectivity index (χ2v) is 7.13. The average Bonchev–Trinajstić information content (AvgIpc) is 3.18. The Kier molecular flexibility index (Phi) is 5.00. The van der Waals surface area contributed by atoms with E-state index in [4.69, 9.17) is 14.6 Å². The van der Waals surface area contributed by atoms with E-state index in [-0.39, 0.29) is 11.4 Å². The van der Waals surface area contributed by atoms with Gasteiger partial charge in [-0.05, 0) is 18.4 Å². The van der Waals surface area contributed by atoms with Crippen LogP contribution in [0.2, 0.25) is 0 Å². The number of ether oxygens (including phenoxy) is 2. The number of carboxylic acids is 1. The topological polar surface area (TPSA) is 131 Å². The number of nitrogens with one attached hydrogen (secondary N) is 1. The molecule has 0 atom stereocenters. The SMILES string of the molecule is O=C(O)CNC(=O)c1ncc2nc(C3=COC=C(C4=CC=CCC4)O3)sc2c1O. The van der Waals surface area contributed by atoms with Crippen molar-refractivity contribution >= 4 is 39.2 Å². The van der Waals surface area contributed by atoms with Crippen molar-refractivity contribution in [2.24, 2.45) is 0 Å². The molecule has 29 heavy (non-hydrogen) atoms. The van der Waals surface area contributed by atoms with Gasteiger partial charge in [-0.25, -0.2) is 9.97 Å². The van der Waals surface area contributed by atoms with E-state index in [0.29, 0.717) is 26.7 Å². The van der Waals surface area contributed by atoms with Gasteiger partial charge in [-0.3, -0.25) is 9.59 Å². The maximum absolute atomic E-state index is 12.1. The Morgan fingerprint density at radius 1 is 1.28 bits per heavy atom. The molecule has 0 spiro atoms. The van der Waals surface area contributed by atoms with Crippen molar-refractivity contribution < 1.29 is 29.3 Å². The van der Waals surface area contributed by atoms with Crippen molar-refractivity contribution in [3.8, 4) is 5.75 Å². The molecule has 3 N–H and O–H groups in total. The molecule has 0 radical (unpaired) electrons. The van der Waals surface area contributed by atoms with Gasteiger partial charge in [0.1, 0.15) is 29.3 Å². The predicted octanol–water partition coefficient (Wildman–Crippen LogP) is 2.67. The highest BCUT2D eigenvalue weighted by Gasteiger charge is 2.23. The van der Waals surface area contributed by atoms with Crippen molar-refractivity contribution in [3.05, 3.63) is 59.0 Å². The van der Waals surface area contributed by atoms with Crippen molar-refractivity contribution in [2.75, 3.05) is 6.54 Å². The van der Waals surface area contributed by atoms with Crippen LogP contribution in [0.5, 0.6) is 5.75 Å². The number of allylic oxidation sites excluding steroid dienone is 4. The zero-order valence-electron chi connectivity index (χ0n) is 14.9. The number of aliphatic carboxylic acids is 1. The summed E-state index contributed by atoms with van der Waals surface area (Å²) < 4.78 is 11.6. The molecule has 9 nitrogen and oxygen atoms in total. The van der Waals surface area contributed by atoms with E-state index in [1.54, 1.807) is 0 Å². The van der Waals surface area contributed by atoms with Gasteiger partial charge in [-0.1, -0.05) is 18.2 Å². The molecule has 0 fully saturated rings. The van der Waals surface area contributed by atoms with Gasteiger partial charge >= 0.3 is 5.97 Å². The molecule has 3 heterocycles. The smallest absolute Gasteiger partial charge is 0.322 e. The Morgan fingerprint density at radius 3 is 2.86 bits per heavy atom. The summed E-state index contributed by atoms with van der Waals surface area (Å²) in [5, 5.41) is 21.7. The van der Waals surface area contributed by atoms with Crippen LogP contribution in [0, 0.1) is 0 Å². The van der Waals surface area contributed by atoms with E-state index in [2.05, 4.69) is 21.4 Å². The first kappa shape index (κ1) is 18.7. The summed E-state index contributed by atoms with van der Waals surface area (Å²) in [6.07, 6.45) is 12.0. The molecule has 0 bridgehead atoms. The summed E-state index contributed by atoms with van der Waals surface area (Å²) in [5.74, 6) is -1.41. The molecule has 2 aromatic heterocycles. The highest BCUT2D eigenvalue weighted by Crippen LogP contribution is 2.37. The Labute approximate surface area is 168 Å². The van der Waals surface area contributed by atoms with E-state index in [1.165, 1.54) is 18.7 Å². The summed E-state index contributed by atoms with van der Waals surface area (Å²) in [4.78, 5) is 30.9. The number of amides is 1. The summed E-state index contributed by atoms with van der Waals surface area (Å²) in [7, 11) is 0. The van der Waals surface area contributed by atoms with Crippen LogP contribution in [0.3, 0.4) is 0 Å². The zero-order valence-corrected chi connectivity index (χ0v) is 15.7. The number of carbonyl (C=O) groups is 2. The molecule has 2 aromatic rings. The first-order chi connectivity index (χ1) is 14.0. The van der Waals surface area contributed by atoms with Crippen LogP contribution in [0.4, 0.5) is 0 Å². The Morgan fingerprint density at radius 2 is 2.10 bits per heavy atom. The van der Waals surface area contributed by atoms with Gasteiger partial charge in [0.2, 0.25) is 0 Å². The van der Waals surface area contributed by atoms with Crippen LogP contribution >= 0.6 is 11.3 Å². The fourth-order valence-electron chi connectivity index (χ4n) is 2.76. The number of pyridine rings is 1. The molecule has 4 rings (SSSR count). The number of hydrogen-bond donors (Lipinski definition) is 3. The number of thiazole rings is 1. The van der Waals surface area contributed by atoms with Gasteiger partial charge in [0.25, 0.3) is 5.91 Å². The lowest BCUT2D eigenvalue weighted by Gasteiger charge is -2.18. The van der Waals surface area contributed by atoms with Crippen molar-refractivity contribution in [1.82, 2.24) is 15.3 Å². The van der Waals surface area contributed by atoms with Gasteiger partial charge in [-0.15, -0.1) is 11.3 Å². The number of carboxylic acid groups (broad SMARTS) is 1. The van der Waals surface area contributed by atoms with Gasteiger partial charge in [0.05, 0.1) is 6.20 Å². The van der Waals surface area contributed by atoms with Gasteiger partial charge < -0.3 is 25.0 Å². The molecular formula is C19H15N3O6S. The Hall–Kier alpha value is -3.66. The number of nitrogens with zero attached hydrogens (tertiary/aromatic N) is 2. The van der Waals surface area contributed by atoms with Gasteiger partial charge in [0, 0.05) is 0 Å². The second-order valence-electron chi connectivity index (χ2n) is 6.13. The average molecular weight is 413 g/mol. The molecule has 2 aliphatic rings. The summed E-state index contributed by atoms with van der Waals surface area (Å²) in [5.41, 5.74) is 1.10. The lowest BCUT2D eigenvalue weighted by Crippen LogP contribution is -2.29. The summed E-state index contributed by atoms with van der Waals surface area (Å²) >= 11 is 1.10. The minimum atomic E-state index is -1.20. The van der Waals surface area contributed by atoms with Crippen LogP contribution in [-0.2, 0) is 14.3 Å². The van der Waals surface area contributed by atoms with E-state index in [1.807, 2.05) is 12.2 Å². The lowest BCUT2D eigenvalue weighted by molar-refractivity contribution is -0.135. The quantitative estimate of drug-likeness (QED) is 0.682. The van der Waals surface area contributed by atoms with Crippen molar-refractivity contribution in [1.29, 1.82) is 0 Å². The number of aromatic hydroxyl groups is 1. The standard InChI is InChI=1S/C19H15N3O6S/c23-14(24)7-21-18(26)15-16(25)17-11(6-20-15)22-19(29-17)13-9-27-8-12(28-13)10-4-2-1-3-5-10/h1-2,4,6,8-9,25H,3,5,7H2,(H,21,26)(H,23,24). The fourth-order valence-corrected chi connectivity index (χ4v) is 3.69. The highest BCUT2D eigenvalue weighted by molar-refractivity contribution is 7.19. The Bertz CT molecular complexity index is 1130. The van der Waals surface area contributed by atoms with Crippen molar-refractivity contribution in [2.45, 2.75) is 12.8 Å². The maximum atomic E-state index is 12.1. The van der Waals surface area contributed by atoms with Crippen LogP contribution in [-0.4, -0.2) is 38.6 Å². The fraction of sp³-hybridized carbons (Fsp3) is 0.158. The minimum Gasteiger partial charge on any atom is -0.504 e. The third-order valence-electron chi connectivity index (χ3n) is 4.14. The van der Waals surface area contributed by atoms with E-state index < -0.39 is 18.4 Å². The molecule has 1 aliphatic heterocycles. The summed E-state index contributed by atoms with van der Waals surface area (Å²) in [6, 6.07) is 0. The first-order valence-corrected chi connectivity index (χ1v) is 9.43. The van der Waals surface area contributed by atoms with E-state index in [0.717, 1.165) is 29.8 Å². The van der Waals surface area contributed by atoms with Crippen LogP contribution in [0.25, 0.3) is 16.0 Å². The highest BCUT2D eigenvalue weighted by atomic mass is 32.1.